The van der Waals surface area contributed by atoms with Gasteiger partial charge in [-0.1, -0.05) is 0 Å². The Morgan fingerprint density at radius 1 is 1.41 bits per heavy atom. The average molecular weight is 237 g/mol. The van der Waals surface area contributed by atoms with Crippen molar-refractivity contribution in [2.24, 2.45) is 0 Å². The number of furan rings is 1. The highest BCUT2D eigenvalue weighted by atomic mass is 19.1. The third-order valence-corrected chi connectivity index (χ3v) is 2.68. The Balaban J connectivity index is 2.27. The topological polar surface area (TPSA) is 34.4 Å². The predicted octanol–water partition coefficient (Wildman–Crippen LogP) is 2.87. The molecule has 1 unspecified atom stereocenters. The fourth-order valence-corrected chi connectivity index (χ4v) is 1.75. The highest BCUT2D eigenvalue weighted by molar-refractivity contribution is 5.78. The number of hydrogen-bond donors (Lipinski definition) is 1. The first-order valence-electron chi connectivity index (χ1n) is 5.68. The van der Waals surface area contributed by atoms with Crippen LogP contribution in [0.3, 0.4) is 0 Å². The van der Waals surface area contributed by atoms with Crippen LogP contribution in [0.2, 0.25) is 0 Å². The van der Waals surface area contributed by atoms with E-state index in [0.717, 1.165) is 11.1 Å². The van der Waals surface area contributed by atoms with Crippen molar-refractivity contribution in [1.82, 2.24) is 5.32 Å². The lowest BCUT2D eigenvalue weighted by molar-refractivity contribution is 0.119. The van der Waals surface area contributed by atoms with Crippen LogP contribution >= 0.6 is 0 Å². The van der Waals surface area contributed by atoms with Gasteiger partial charge in [-0.25, -0.2) is 4.39 Å². The van der Waals surface area contributed by atoms with Gasteiger partial charge >= 0.3 is 0 Å². The van der Waals surface area contributed by atoms with E-state index in [0.29, 0.717) is 18.8 Å². The van der Waals surface area contributed by atoms with Crippen molar-refractivity contribution in [3.8, 4) is 0 Å². The molecule has 0 fully saturated rings. The van der Waals surface area contributed by atoms with Gasteiger partial charge in [0.15, 0.2) is 0 Å². The van der Waals surface area contributed by atoms with Crippen LogP contribution in [0.15, 0.2) is 28.7 Å². The van der Waals surface area contributed by atoms with Gasteiger partial charge in [0.25, 0.3) is 0 Å². The molecule has 0 saturated carbocycles. The molecule has 0 bridgehead atoms. The summed E-state index contributed by atoms with van der Waals surface area (Å²) >= 11 is 0. The molecule has 0 aliphatic rings. The Morgan fingerprint density at radius 2 is 2.24 bits per heavy atom. The van der Waals surface area contributed by atoms with Crippen LogP contribution in [0.4, 0.5) is 4.39 Å². The van der Waals surface area contributed by atoms with Crippen LogP contribution < -0.4 is 5.32 Å². The van der Waals surface area contributed by atoms with Gasteiger partial charge in [0.05, 0.1) is 12.6 Å². The molecule has 1 heterocycles. The number of halogens is 1. The summed E-state index contributed by atoms with van der Waals surface area (Å²) in [7, 11) is 1.84. The molecular weight excluding hydrogens is 221 g/mol. The average Bonchev–Trinajstić information content (AvgIpc) is 2.72. The summed E-state index contributed by atoms with van der Waals surface area (Å²) in [5, 5.41) is 3.89. The summed E-state index contributed by atoms with van der Waals surface area (Å²) in [5.74, 6) is 0.511. The minimum atomic E-state index is -0.254. The first kappa shape index (κ1) is 12.1. The van der Waals surface area contributed by atoms with E-state index in [4.69, 9.17) is 9.15 Å². The van der Waals surface area contributed by atoms with Crippen molar-refractivity contribution in [2.75, 3.05) is 20.3 Å². The van der Waals surface area contributed by atoms with E-state index in [2.05, 4.69) is 5.32 Å². The summed E-state index contributed by atoms with van der Waals surface area (Å²) < 4.78 is 24.1. The Hall–Kier alpha value is -1.39. The molecule has 4 heteroatoms. The van der Waals surface area contributed by atoms with Crippen LogP contribution in [-0.2, 0) is 4.74 Å². The lowest BCUT2D eigenvalue weighted by Gasteiger charge is -2.12. The van der Waals surface area contributed by atoms with Gasteiger partial charge in [-0.15, -0.1) is 0 Å². The maximum absolute atomic E-state index is 13.0. The van der Waals surface area contributed by atoms with Gasteiger partial charge in [-0.3, -0.25) is 0 Å². The van der Waals surface area contributed by atoms with Crippen LogP contribution in [0.5, 0.6) is 0 Å². The van der Waals surface area contributed by atoms with E-state index in [-0.39, 0.29) is 11.9 Å². The van der Waals surface area contributed by atoms with Gasteiger partial charge in [0.1, 0.15) is 17.2 Å². The molecule has 1 aromatic heterocycles. The lowest BCUT2D eigenvalue weighted by Crippen LogP contribution is -2.21. The molecule has 92 valence electrons. The molecule has 0 aliphatic carbocycles. The third-order valence-electron chi connectivity index (χ3n) is 2.68. The van der Waals surface area contributed by atoms with Crippen molar-refractivity contribution in [1.29, 1.82) is 0 Å². The summed E-state index contributed by atoms with van der Waals surface area (Å²) in [6, 6.07) is 6.34. The Bertz CT molecular complexity index is 495. The van der Waals surface area contributed by atoms with Crippen LogP contribution in [0.25, 0.3) is 11.0 Å². The zero-order chi connectivity index (χ0) is 12.3. The molecule has 0 radical (unpaired) electrons. The maximum atomic E-state index is 13.0. The van der Waals surface area contributed by atoms with Crippen LogP contribution in [0, 0.1) is 5.82 Å². The Morgan fingerprint density at radius 3 is 2.94 bits per heavy atom. The molecule has 17 heavy (non-hydrogen) atoms. The van der Waals surface area contributed by atoms with E-state index in [9.17, 15) is 4.39 Å². The molecule has 0 amide bonds. The van der Waals surface area contributed by atoms with Crippen LogP contribution in [0.1, 0.15) is 18.7 Å². The molecule has 0 saturated heterocycles. The first-order chi connectivity index (χ1) is 8.24. The SMILES string of the molecule is CCOCC(NC)c1cc2cc(F)ccc2o1. The molecule has 3 nitrogen and oxygen atoms in total. The number of hydrogen-bond acceptors (Lipinski definition) is 3. The van der Waals surface area contributed by atoms with Crippen molar-refractivity contribution in [2.45, 2.75) is 13.0 Å². The fourth-order valence-electron chi connectivity index (χ4n) is 1.75. The molecule has 0 aliphatic heterocycles. The molecule has 2 rings (SSSR count). The minimum Gasteiger partial charge on any atom is -0.459 e. The number of likely N-dealkylation sites (N-methyl/N-ethyl adjacent to an activating group) is 1. The van der Waals surface area contributed by atoms with E-state index >= 15 is 0 Å². The van der Waals surface area contributed by atoms with Crippen molar-refractivity contribution >= 4 is 11.0 Å². The van der Waals surface area contributed by atoms with Gasteiger partial charge in [0, 0.05) is 12.0 Å². The molecule has 1 atom stereocenters. The van der Waals surface area contributed by atoms with E-state index in [1.54, 1.807) is 6.07 Å². The van der Waals surface area contributed by atoms with E-state index in [1.807, 2.05) is 20.0 Å². The minimum absolute atomic E-state index is 0.00888. The number of fused-ring (bicyclic) bond motifs is 1. The summed E-state index contributed by atoms with van der Waals surface area (Å²) in [6.45, 7) is 3.14. The normalized spacial score (nSPS) is 13.1. The summed E-state index contributed by atoms with van der Waals surface area (Å²) in [5.41, 5.74) is 0.693. The summed E-state index contributed by atoms with van der Waals surface area (Å²) in [6.07, 6.45) is 0. The van der Waals surface area contributed by atoms with Gasteiger partial charge < -0.3 is 14.5 Å². The molecule has 1 aromatic carbocycles. The Kier molecular flexibility index (Phi) is 3.76. The second-order valence-corrected chi connectivity index (χ2v) is 3.83. The number of nitrogens with one attached hydrogen (secondary N) is 1. The Labute approximate surface area is 99.6 Å². The number of ether oxygens (including phenoxy) is 1. The largest absolute Gasteiger partial charge is 0.459 e. The highest BCUT2D eigenvalue weighted by Crippen LogP contribution is 2.24. The van der Waals surface area contributed by atoms with Crippen molar-refractivity contribution in [3.05, 3.63) is 35.8 Å². The number of benzene rings is 1. The highest BCUT2D eigenvalue weighted by Gasteiger charge is 2.14. The number of rotatable bonds is 5. The zero-order valence-electron chi connectivity index (χ0n) is 10.00. The first-order valence-corrected chi connectivity index (χ1v) is 5.68. The predicted molar refractivity (Wildman–Crippen MR) is 64.5 cm³/mol. The molecule has 0 spiro atoms. The monoisotopic (exact) mass is 237 g/mol. The molecule has 1 N–H and O–H groups in total. The lowest BCUT2D eigenvalue weighted by atomic mass is 10.2. The van der Waals surface area contributed by atoms with Crippen molar-refractivity contribution < 1.29 is 13.5 Å². The maximum Gasteiger partial charge on any atom is 0.134 e. The van der Waals surface area contributed by atoms with Crippen LogP contribution in [-0.4, -0.2) is 20.3 Å². The van der Waals surface area contributed by atoms with E-state index < -0.39 is 0 Å². The second kappa shape index (κ2) is 5.29. The summed E-state index contributed by atoms with van der Waals surface area (Å²) in [4.78, 5) is 0. The smallest absolute Gasteiger partial charge is 0.134 e. The van der Waals surface area contributed by atoms with Gasteiger partial charge in [-0.05, 0) is 38.2 Å². The third kappa shape index (κ3) is 2.65. The standard InChI is InChI=1S/C13H16FNO2/c1-3-16-8-11(15-2)13-7-9-6-10(14)4-5-12(9)17-13/h4-7,11,15H,3,8H2,1-2H3. The van der Waals surface area contributed by atoms with Gasteiger partial charge in [-0.2, -0.15) is 0 Å². The quantitative estimate of drug-likeness (QED) is 0.868. The molecular formula is C13H16FNO2. The van der Waals surface area contributed by atoms with Gasteiger partial charge in [0.2, 0.25) is 0 Å². The van der Waals surface area contributed by atoms with E-state index in [1.165, 1.54) is 12.1 Å². The fraction of sp³-hybridized carbons (Fsp3) is 0.385. The zero-order valence-corrected chi connectivity index (χ0v) is 10.00. The second-order valence-electron chi connectivity index (χ2n) is 3.83. The van der Waals surface area contributed by atoms with Crippen molar-refractivity contribution in [3.63, 3.8) is 0 Å². The molecule has 2 aromatic rings.